The molecule has 0 N–H and O–H groups in total. The number of anilines is 1. The van der Waals surface area contributed by atoms with E-state index in [4.69, 9.17) is 0 Å². The first-order chi connectivity index (χ1) is 11.6. The van der Waals surface area contributed by atoms with Crippen molar-refractivity contribution in [2.75, 3.05) is 24.7 Å². The minimum Gasteiger partial charge on any atom is -0.378 e. The van der Waals surface area contributed by atoms with Crippen molar-refractivity contribution in [1.82, 2.24) is 0 Å². The zero-order valence-corrected chi connectivity index (χ0v) is 17.4. The van der Waals surface area contributed by atoms with E-state index in [0.717, 1.165) is 25.2 Å². The summed E-state index contributed by atoms with van der Waals surface area (Å²) in [6, 6.07) is 8.78. The standard InChI is InChI=1S/C21H35NO2S/c1-21(2,3)25(23,24)16-19-13-10-17(11-14-19)9-12-18-7-6-8-20(15-18)22(4)5/h6-8,15,17,19H,9-14,16H2,1-5H3. The number of hydrogen-bond donors (Lipinski definition) is 0. The van der Waals surface area contributed by atoms with Gasteiger partial charge in [-0.1, -0.05) is 25.0 Å². The zero-order valence-electron chi connectivity index (χ0n) is 16.6. The number of sulfone groups is 1. The van der Waals surface area contributed by atoms with Crippen LogP contribution in [0.15, 0.2) is 24.3 Å². The summed E-state index contributed by atoms with van der Waals surface area (Å²) in [5, 5.41) is 0. The third-order valence-corrected chi connectivity index (χ3v) is 8.40. The Kier molecular flexibility index (Phi) is 6.58. The van der Waals surface area contributed by atoms with Gasteiger partial charge in [0.1, 0.15) is 0 Å². The Morgan fingerprint density at radius 3 is 2.20 bits per heavy atom. The molecule has 142 valence electrons. The van der Waals surface area contributed by atoms with E-state index in [-0.39, 0.29) is 0 Å². The summed E-state index contributed by atoms with van der Waals surface area (Å²) < 4.78 is 24.2. The van der Waals surface area contributed by atoms with Crippen LogP contribution in [0.4, 0.5) is 5.69 Å². The third kappa shape index (κ3) is 5.73. The molecule has 0 amide bonds. The predicted molar refractivity (Wildman–Crippen MR) is 108 cm³/mol. The summed E-state index contributed by atoms with van der Waals surface area (Å²) in [7, 11) is 1.16. The van der Waals surface area contributed by atoms with Crippen molar-refractivity contribution in [3.63, 3.8) is 0 Å². The highest BCUT2D eigenvalue weighted by atomic mass is 32.2. The maximum atomic E-state index is 12.4. The first-order valence-corrected chi connectivity index (χ1v) is 11.2. The van der Waals surface area contributed by atoms with Gasteiger partial charge >= 0.3 is 0 Å². The maximum absolute atomic E-state index is 12.4. The van der Waals surface area contributed by atoms with Crippen LogP contribution in [0.1, 0.15) is 58.4 Å². The van der Waals surface area contributed by atoms with E-state index in [1.165, 1.54) is 30.5 Å². The van der Waals surface area contributed by atoms with E-state index in [9.17, 15) is 8.42 Å². The Labute approximate surface area is 154 Å². The Balaban J connectivity index is 1.80. The normalized spacial score (nSPS) is 22.0. The van der Waals surface area contributed by atoms with Crippen molar-refractivity contribution < 1.29 is 8.42 Å². The summed E-state index contributed by atoms with van der Waals surface area (Å²) in [6.45, 7) is 5.45. The summed E-state index contributed by atoms with van der Waals surface area (Å²) in [5.41, 5.74) is 2.66. The predicted octanol–water partition coefficient (Wildman–Crippen LogP) is 4.70. The lowest BCUT2D eigenvalue weighted by molar-refractivity contribution is 0.278. The van der Waals surface area contributed by atoms with Gasteiger partial charge in [0.15, 0.2) is 9.84 Å². The van der Waals surface area contributed by atoms with Crippen LogP contribution in [-0.2, 0) is 16.3 Å². The molecule has 0 heterocycles. The van der Waals surface area contributed by atoms with E-state index < -0.39 is 14.6 Å². The molecule has 0 radical (unpaired) electrons. The van der Waals surface area contributed by atoms with Crippen LogP contribution in [-0.4, -0.2) is 33.0 Å². The fourth-order valence-corrected chi connectivity index (χ4v) is 5.06. The molecular weight excluding hydrogens is 330 g/mol. The van der Waals surface area contributed by atoms with Crippen molar-refractivity contribution in [1.29, 1.82) is 0 Å². The highest BCUT2D eigenvalue weighted by molar-refractivity contribution is 7.92. The SMILES string of the molecule is CN(C)c1cccc(CCC2CCC(CS(=O)(=O)C(C)(C)C)CC2)c1. The molecule has 1 aliphatic carbocycles. The number of benzene rings is 1. The molecule has 3 nitrogen and oxygen atoms in total. The zero-order chi connectivity index (χ0) is 18.7. The van der Waals surface area contributed by atoms with Crippen LogP contribution in [0.5, 0.6) is 0 Å². The highest BCUT2D eigenvalue weighted by Gasteiger charge is 2.33. The van der Waals surface area contributed by atoms with Gasteiger partial charge < -0.3 is 4.90 Å². The Bertz CT molecular complexity index is 651. The van der Waals surface area contributed by atoms with Crippen molar-refractivity contribution in [2.24, 2.45) is 11.8 Å². The molecule has 1 fully saturated rings. The molecule has 0 aromatic heterocycles. The summed E-state index contributed by atoms with van der Waals surface area (Å²) in [5.74, 6) is 1.47. The van der Waals surface area contributed by atoms with E-state index in [1.807, 2.05) is 20.8 Å². The van der Waals surface area contributed by atoms with Gasteiger partial charge in [0, 0.05) is 19.8 Å². The van der Waals surface area contributed by atoms with E-state index >= 15 is 0 Å². The lowest BCUT2D eigenvalue weighted by atomic mass is 9.80. The molecule has 1 aromatic carbocycles. The first kappa shape index (κ1) is 20.3. The summed E-state index contributed by atoms with van der Waals surface area (Å²) in [6.07, 6.45) is 6.83. The van der Waals surface area contributed by atoms with Gasteiger partial charge in [-0.15, -0.1) is 0 Å². The van der Waals surface area contributed by atoms with Gasteiger partial charge in [0.2, 0.25) is 0 Å². The molecule has 0 bridgehead atoms. The second-order valence-electron chi connectivity index (χ2n) is 8.88. The number of aryl methyl sites for hydroxylation is 1. The number of rotatable bonds is 6. The number of hydrogen-bond acceptors (Lipinski definition) is 3. The minimum atomic E-state index is -2.99. The van der Waals surface area contributed by atoms with Crippen LogP contribution < -0.4 is 4.90 Å². The van der Waals surface area contributed by atoms with E-state index in [0.29, 0.717) is 11.7 Å². The molecule has 0 saturated heterocycles. The van der Waals surface area contributed by atoms with Crippen LogP contribution in [0.3, 0.4) is 0 Å². The molecule has 1 aromatic rings. The first-order valence-electron chi connectivity index (χ1n) is 9.57. The highest BCUT2D eigenvalue weighted by Crippen LogP contribution is 2.34. The second-order valence-corrected chi connectivity index (χ2v) is 11.7. The topological polar surface area (TPSA) is 37.4 Å². The van der Waals surface area contributed by atoms with Gasteiger partial charge in [-0.3, -0.25) is 0 Å². The lowest BCUT2D eigenvalue weighted by Gasteiger charge is -2.30. The summed E-state index contributed by atoms with van der Waals surface area (Å²) >= 11 is 0. The van der Waals surface area contributed by atoms with E-state index in [2.05, 4.69) is 43.3 Å². The lowest BCUT2D eigenvalue weighted by Crippen LogP contribution is -2.34. The molecule has 0 spiro atoms. The average molecular weight is 366 g/mol. The Hall–Kier alpha value is -1.03. The smallest absolute Gasteiger partial charge is 0.155 e. The number of nitrogens with zero attached hydrogens (tertiary/aromatic N) is 1. The van der Waals surface area contributed by atoms with Gasteiger partial charge in [-0.2, -0.15) is 0 Å². The largest absolute Gasteiger partial charge is 0.378 e. The molecule has 25 heavy (non-hydrogen) atoms. The third-order valence-electron chi connectivity index (χ3n) is 5.62. The van der Waals surface area contributed by atoms with Gasteiger partial charge in [0.25, 0.3) is 0 Å². The van der Waals surface area contributed by atoms with Crippen LogP contribution in [0.2, 0.25) is 0 Å². The minimum absolute atomic E-state index is 0.359. The molecule has 2 rings (SSSR count). The quantitative estimate of drug-likeness (QED) is 0.733. The van der Waals surface area contributed by atoms with E-state index in [1.54, 1.807) is 0 Å². The molecule has 4 heteroatoms. The molecule has 1 saturated carbocycles. The fourth-order valence-electron chi connectivity index (χ4n) is 3.61. The van der Waals surface area contributed by atoms with Crippen molar-refractivity contribution in [2.45, 2.75) is 64.0 Å². The second kappa shape index (κ2) is 8.11. The molecule has 0 unspecified atom stereocenters. The van der Waals surface area contributed by atoms with Crippen molar-refractivity contribution in [3.05, 3.63) is 29.8 Å². The van der Waals surface area contributed by atoms with Crippen LogP contribution >= 0.6 is 0 Å². The van der Waals surface area contributed by atoms with Gasteiger partial charge in [0.05, 0.1) is 10.5 Å². The molecular formula is C21H35NO2S. The monoisotopic (exact) mass is 365 g/mol. The fraction of sp³-hybridized carbons (Fsp3) is 0.714. The van der Waals surface area contributed by atoms with Crippen LogP contribution in [0.25, 0.3) is 0 Å². The average Bonchev–Trinajstić information content (AvgIpc) is 2.53. The molecule has 0 aliphatic heterocycles. The van der Waals surface area contributed by atoms with Crippen LogP contribution in [0, 0.1) is 11.8 Å². The van der Waals surface area contributed by atoms with Gasteiger partial charge in [-0.25, -0.2) is 8.42 Å². The Morgan fingerprint density at radius 1 is 1.04 bits per heavy atom. The summed E-state index contributed by atoms with van der Waals surface area (Å²) in [4.78, 5) is 2.14. The maximum Gasteiger partial charge on any atom is 0.155 e. The molecule has 1 aliphatic rings. The molecule has 0 atom stereocenters. The van der Waals surface area contributed by atoms with Crippen molar-refractivity contribution >= 4 is 15.5 Å². The Morgan fingerprint density at radius 2 is 1.64 bits per heavy atom. The van der Waals surface area contributed by atoms with Crippen molar-refractivity contribution in [3.8, 4) is 0 Å². The van der Waals surface area contributed by atoms with Gasteiger partial charge in [-0.05, 0) is 76.0 Å².